The highest BCUT2D eigenvalue weighted by atomic mass is 19.1. The van der Waals surface area contributed by atoms with Gasteiger partial charge in [-0.1, -0.05) is 0 Å². The molecule has 3 heterocycles. The molecule has 0 N–H and O–H groups in total. The highest BCUT2D eigenvalue weighted by molar-refractivity contribution is 6.22. The van der Waals surface area contributed by atoms with E-state index in [1.54, 1.807) is 0 Å². The van der Waals surface area contributed by atoms with Gasteiger partial charge < -0.3 is 4.90 Å². The summed E-state index contributed by atoms with van der Waals surface area (Å²) in [6.07, 6.45) is 4.82. The summed E-state index contributed by atoms with van der Waals surface area (Å²) in [5.74, 6) is 0.00420. The molecule has 3 amide bonds. The van der Waals surface area contributed by atoms with E-state index in [0.717, 1.165) is 51.9 Å². The highest BCUT2D eigenvalue weighted by Gasteiger charge is 2.43. The predicted molar refractivity (Wildman–Crippen MR) is 102 cm³/mol. The smallest absolute Gasteiger partial charge is 0.251 e. The van der Waals surface area contributed by atoms with Gasteiger partial charge >= 0.3 is 0 Å². The van der Waals surface area contributed by atoms with Gasteiger partial charge in [-0.05, 0) is 69.0 Å². The van der Waals surface area contributed by atoms with Crippen LogP contribution in [0, 0.1) is 11.7 Å². The number of halogens is 1. The lowest BCUT2D eigenvalue weighted by atomic mass is 9.92. The van der Waals surface area contributed by atoms with Crippen molar-refractivity contribution >= 4 is 23.4 Å². The van der Waals surface area contributed by atoms with Crippen LogP contribution in [0.3, 0.4) is 0 Å². The second-order valence-corrected chi connectivity index (χ2v) is 8.02. The second kappa shape index (κ2) is 7.99. The van der Waals surface area contributed by atoms with Crippen LogP contribution in [-0.4, -0.2) is 59.7 Å². The number of likely N-dealkylation sites (tertiary alicyclic amines) is 2. The summed E-state index contributed by atoms with van der Waals surface area (Å²) in [5, 5.41) is 0. The molecule has 3 aliphatic heterocycles. The molecule has 0 aromatic heterocycles. The molecule has 3 fully saturated rings. The standard InChI is InChI=1S/C21H26FN3O3/c22-16-3-5-17(6-4-16)25-20(27)14-18(21(25)28)23-11-7-15(8-12-23)9-13-24-10-1-2-19(24)26/h3-6,15,18H,1-2,7-14H2/t18-/m1/s1. The van der Waals surface area contributed by atoms with Crippen molar-refractivity contribution in [2.75, 3.05) is 31.1 Å². The van der Waals surface area contributed by atoms with Crippen LogP contribution >= 0.6 is 0 Å². The maximum atomic E-state index is 13.1. The number of carbonyl (C=O) groups is 3. The third kappa shape index (κ3) is 3.81. The Labute approximate surface area is 164 Å². The summed E-state index contributed by atoms with van der Waals surface area (Å²) in [7, 11) is 0. The maximum Gasteiger partial charge on any atom is 0.251 e. The quantitative estimate of drug-likeness (QED) is 0.727. The van der Waals surface area contributed by atoms with Crippen molar-refractivity contribution in [1.29, 1.82) is 0 Å². The van der Waals surface area contributed by atoms with E-state index in [2.05, 4.69) is 4.90 Å². The molecule has 0 saturated carbocycles. The van der Waals surface area contributed by atoms with Crippen LogP contribution in [0.4, 0.5) is 10.1 Å². The van der Waals surface area contributed by atoms with Gasteiger partial charge in [-0.2, -0.15) is 0 Å². The molecule has 6 nitrogen and oxygen atoms in total. The first-order valence-corrected chi connectivity index (χ1v) is 10.2. The van der Waals surface area contributed by atoms with Crippen molar-refractivity contribution in [2.45, 2.75) is 44.6 Å². The predicted octanol–water partition coefficient (Wildman–Crippen LogP) is 2.18. The molecule has 1 atom stereocenters. The SMILES string of the molecule is O=C1CCCN1CCC1CCN([C@@H]2CC(=O)N(c3ccc(F)cc3)C2=O)CC1. The van der Waals surface area contributed by atoms with Crippen LogP contribution in [0.1, 0.15) is 38.5 Å². The zero-order valence-corrected chi connectivity index (χ0v) is 16.0. The summed E-state index contributed by atoms with van der Waals surface area (Å²) < 4.78 is 13.1. The fourth-order valence-corrected chi connectivity index (χ4v) is 4.59. The Morgan fingerprint density at radius 3 is 2.32 bits per heavy atom. The monoisotopic (exact) mass is 387 g/mol. The lowest BCUT2D eigenvalue weighted by molar-refractivity contribution is -0.128. The van der Waals surface area contributed by atoms with Gasteiger partial charge in [-0.3, -0.25) is 19.3 Å². The lowest BCUT2D eigenvalue weighted by Gasteiger charge is -2.35. The van der Waals surface area contributed by atoms with E-state index in [4.69, 9.17) is 0 Å². The number of nitrogens with zero attached hydrogens (tertiary/aromatic N) is 3. The van der Waals surface area contributed by atoms with Gasteiger partial charge in [0, 0.05) is 19.5 Å². The summed E-state index contributed by atoms with van der Waals surface area (Å²) in [6, 6.07) is 5.05. The number of hydrogen-bond donors (Lipinski definition) is 0. The average Bonchev–Trinajstić information content (AvgIpc) is 3.24. The largest absolute Gasteiger partial charge is 0.343 e. The molecule has 0 radical (unpaired) electrons. The van der Waals surface area contributed by atoms with Crippen LogP contribution in [0.5, 0.6) is 0 Å². The fourth-order valence-electron chi connectivity index (χ4n) is 4.59. The van der Waals surface area contributed by atoms with Crippen molar-refractivity contribution in [3.05, 3.63) is 30.1 Å². The summed E-state index contributed by atoms with van der Waals surface area (Å²) in [4.78, 5) is 42.3. The second-order valence-electron chi connectivity index (χ2n) is 8.02. The van der Waals surface area contributed by atoms with E-state index in [9.17, 15) is 18.8 Å². The molecule has 1 aromatic rings. The van der Waals surface area contributed by atoms with E-state index >= 15 is 0 Å². The molecule has 0 bridgehead atoms. The first-order chi connectivity index (χ1) is 13.5. The summed E-state index contributed by atoms with van der Waals surface area (Å²) in [6.45, 7) is 3.30. The average molecular weight is 387 g/mol. The maximum absolute atomic E-state index is 13.1. The molecule has 28 heavy (non-hydrogen) atoms. The number of carbonyl (C=O) groups excluding carboxylic acids is 3. The fraction of sp³-hybridized carbons (Fsp3) is 0.571. The molecule has 0 unspecified atom stereocenters. The number of benzene rings is 1. The minimum atomic E-state index is -0.418. The Bertz CT molecular complexity index is 759. The Morgan fingerprint density at radius 1 is 0.964 bits per heavy atom. The first-order valence-electron chi connectivity index (χ1n) is 10.2. The Hall–Kier alpha value is -2.28. The molecule has 0 spiro atoms. The van der Waals surface area contributed by atoms with Crippen LogP contribution in [-0.2, 0) is 14.4 Å². The lowest BCUT2D eigenvalue weighted by Crippen LogP contribution is -2.46. The van der Waals surface area contributed by atoms with Gasteiger partial charge in [0.15, 0.2) is 0 Å². The van der Waals surface area contributed by atoms with Crippen molar-refractivity contribution < 1.29 is 18.8 Å². The van der Waals surface area contributed by atoms with E-state index in [1.807, 2.05) is 4.90 Å². The molecule has 0 aliphatic carbocycles. The van der Waals surface area contributed by atoms with Crippen LogP contribution in [0.25, 0.3) is 0 Å². The van der Waals surface area contributed by atoms with Crippen molar-refractivity contribution in [3.63, 3.8) is 0 Å². The molecule has 3 aliphatic rings. The number of rotatable bonds is 5. The minimum absolute atomic E-state index is 0.184. The zero-order chi connectivity index (χ0) is 19.7. The first kappa shape index (κ1) is 19.1. The normalized spacial score (nSPS) is 24.6. The molecular weight excluding hydrogens is 361 g/mol. The Kier molecular flexibility index (Phi) is 5.44. The third-order valence-electron chi connectivity index (χ3n) is 6.28. The minimum Gasteiger partial charge on any atom is -0.343 e. The Morgan fingerprint density at radius 2 is 1.68 bits per heavy atom. The number of piperidine rings is 1. The zero-order valence-electron chi connectivity index (χ0n) is 16.0. The van der Waals surface area contributed by atoms with Crippen molar-refractivity contribution in [2.24, 2.45) is 5.92 Å². The van der Waals surface area contributed by atoms with Crippen LogP contribution in [0.2, 0.25) is 0 Å². The topological polar surface area (TPSA) is 60.9 Å². The summed E-state index contributed by atoms with van der Waals surface area (Å²) in [5.41, 5.74) is 0.434. The molecule has 150 valence electrons. The number of imide groups is 1. The molecule has 1 aromatic carbocycles. The summed E-state index contributed by atoms with van der Waals surface area (Å²) >= 11 is 0. The van der Waals surface area contributed by atoms with Crippen molar-refractivity contribution in [1.82, 2.24) is 9.80 Å². The van der Waals surface area contributed by atoms with Gasteiger partial charge in [0.05, 0.1) is 18.2 Å². The van der Waals surface area contributed by atoms with E-state index in [0.29, 0.717) is 18.0 Å². The molecule has 4 rings (SSSR count). The van der Waals surface area contributed by atoms with E-state index in [1.165, 1.54) is 29.2 Å². The van der Waals surface area contributed by atoms with Gasteiger partial charge in [-0.15, -0.1) is 0 Å². The van der Waals surface area contributed by atoms with Crippen LogP contribution in [0.15, 0.2) is 24.3 Å². The van der Waals surface area contributed by atoms with Crippen molar-refractivity contribution in [3.8, 4) is 0 Å². The third-order valence-corrected chi connectivity index (χ3v) is 6.28. The Balaban J connectivity index is 1.31. The van der Waals surface area contributed by atoms with Gasteiger partial charge in [0.2, 0.25) is 11.8 Å². The number of hydrogen-bond acceptors (Lipinski definition) is 4. The van der Waals surface area contributed by atoms with Gasteiger partial charge in [-0.25, -0.2) is 9.29 Å². The molecule has 7 heteroatoms. The number of amides is 3. The molecule has 3 saturated heterocycles. The number of anilines is 1. The van der Waals surface area contributed by atoms with Crippen LogP contribution < -0.4 is 4.90 Å². The van der Waals surface area contributed by atoms with E-state index < -0.39 is 11.9 Å². The van der Waals surface area contributed by atoms with Gasteiger partial charge in [0.25, 0.3) is 5.91 Å². The highest BCUT2D eigenvalue weighted by Crippen LogP contribution is 2.29. The molecular formula is C21H26FN3O3. The van der Waals surface area contributed by atoms with E-state index in [-0.39, 0.29) is 24.1 Å². The van der Waals surface area contributed by atoms with Gasteiger partial charge in [0.1, 0.15) is 5.82 Å².